The van der Waals surface area contributed by atoms with E-state index in [1.807, 2.05) is 0 Å². The minimum Gasteiger partial charge on any atom is -0.273 e. The number of pyridine rings is 1. The quantitative estimate of drug-likeness (QED) is 0.675. The molecular weight excluding hydrogens is 282 g/mol. The van der Waals surface area contributed by atoms with E-state index in [2.05, 4.69) is 10.3 Å². The van der Waals surface area contributed by atoms with Crippen LogP contribution in [-0.2, 0) is 9.59 Å². The predicted molar refractivity (Wildman–Crippen MR) is 79.7 cm³/mol. The van der Waals surface area contributed by atoms with E-state index in [0.29, 0.717) is 11.3 Å². The summed E-state index contributed by atoms with van der Waals surface area (Å²) in [5.41, 5.74) is 0.948. The summed E-state index contributed by atoms with van der Waals surface area (Å²) in [6.07, 6.45) is 4.54. The van der Waals surface area contributed by atoms with Gasteiger partial charge in [-0.05, 0) is 35.9 Å². The molecule has 0 atom stereocenters. The number of rotatable bonds is 2. The fraction of sp³-hybridized carbons (Fsp3) is 0. The number of carbonyl (C=O) groups is 3. The maximum absolute atomic E-state index is 12.5. The predicted octanol–water partition coefficient (Wildman–Crippen LogP) is 1.75. The van der Waals surface area contributed by atoms with Gasteiger partial charge in [0.2, 0.25) is 0 Å². The second-order valence-corrected chi connectivity index (χ2v) is 4.57. The summed E-state index contributed by atoms with van der Waals surface area (Å²) in [6.45, 7) is 0. The molecule has 2 heterocycles. The number of hydrogen-bond donors (Lipinski definition) is 1. The van der Waals surface area contributed by atoms with E-state index in [1.54, 1.807) is 54.9 Å². The van der Waals surface area contributed by atoms with E-state index < -0.39 is 17.8 Å². The highest BCUT2D eigenvalue weighted by Crippen LogP contribution is 2.21. The van der Waals surface area contributed by atoms with Crippen LogP contribution in [0.15, 0.2) is 60.4 Å². The number of carbonyl (C=O) groups excluding carboxylic acids is 3. The Morgan fingerprint density at radius 3 is 2.32 bits per heavy atom. The molecule has 108 valence electrons. The Bertz CT molecular complexity index is 770. The van der Waals surface area contributed by atoms with E-state index in [1.165, 1.54) is 6.08 Å². The largest absolute Gasteiger partial charge is 0.335 e. The molecule has 1 aliphatic rings. The minimum atomic E-state index is -0.756. The Labute approximate surface area is 126 Å². The van der Waals surface area contributed by atoms with Crippen LogP contribution in [0.25, 0.3) is 6.08 Å². The molecule has 4 amide bonds. The van der Waals surface area contributed by atoms with Crippen LogP contribution in [0.1, 0.15) is 5.56 Å². The van der Waals surface area contributed by atoms with Crippen molar-refractivity contribution in [1.29, 1.82) is 0 Å². The molecule has 0 saturated carbocycles. The number of amides is 4. The summed E-state index contributed by atoms with van der Waals surface area (Å²) >= 11 is 0. The monoisotopic (exact) mass is 293 g/mol. The van der Waals surface area contributed by atoms with Crippen LogP contribution in [-0.4, -0.2) is 22.8 Å². The Hall–Kier alpha value is -3.28. The fourth-order valence-electron chi connectivity index (χ4n) is 2.10. The summed E-state index contributed by atoms with van der Waals surface area (Å²) in [5, 5.41) is 2.17. The van der Waals surface area contributed by atoms with Crippen LogP contribution in [0.4, 0.5) is 10.5 Å². The molecule has 6 nitrogen and oxygen atoms in total. The van der Waals surface area contributed by atoms with E-state index in [0.717, 1.165) is 4.90 Å². The topological polar surface area (TPSA) is 79.4 Å². The van der Waals surface area contributed by atoms with Crippen molar-refractivity contribution in [2.45, 2.75) is 0 Å². The molecule has 1 aromatic heterocycles. The summed E-state index contributed by atoms with van der Waals surface area (Å²) in [6, 6.07) is 11.0. The number of imide groups is 2. The first-order chi connectivity index (χ1) is 10.7. The summed E-state index contributed by atoms with van der Waals surface area (Å²) in [4.78, 5) is 41.2. The third kappa shape index (κ3) is 2.49. The lowest BCUT2D eigenvalue weighted by molar-refractivity contribution is -0.122. The Morgan fingerprint density at radius 2 is 1.64 bits per heavy atom. The molecule has 0 unspecified atom stereocenters. The molecule has 0 bridgehead atoms. The number of para-hydroxylation sites is 1. The maximum atomic E-state index is 12.5. The van der Waals surface area contributed by atoms with Gasteiger partial charge in [0, 0.05) is 12.4 Å². The second kappa shape index (κ2) is 5.61. The van der Waals surface area contributed by atoms with Crippen molar-refractivity contribution in [2.75, 3.05) is 4.90 Å². The van der Waals surface area contributed by atoms with Crippen LogP contribution in [0.5, 0.6) is 0 Å². The SMILES string of the molecule is O=C1NC(=O)N(c2ccccc2)C(=O)/C1=C/c1ccncc1. The number of anilines is 1. The molecule has 22 heavy (non-hydrogen) atoms. The van der Waals surface area contributed by atoms with Crippen molar-refractivity contribution in [3.63, 3.8) is 0 Å². The first kappa shape index (κ1) is 13.7. The molecule has 2 aromatic rings. The smallest absolute Gasteiger partial charge is 0.273 e. The van der Waals surface area contributed by atoms with Crippen LogP contribution >= 0.6 is 0 Å². The molecule has 0 radical (unpaired) electrons. The van der Waals surface area contributed by atoms with E-state index in [9.17, 15) is 14.4 Å². The highest BCUT2D eigenvalue weighted by molar-refractivity contribution is 6.39. The van der Waals surface area contributed by atoms with Gasteiger partial charge in [-0.25, -0.2) is 9.69 Å². The van der Waals surface area contributed by atoms with E-state index in [-0.39, 0.29) is 5.57 Å². The fourth-order valence-corrected chi connectivity index (χ4v) is 2.10. The van der Waals surface area contributed by atoms with Gasteiger partial charge in [0.05, 0.1) is 5.69 Å². The molecule has 1 saturated heterocycles. The number of benzene rings is 1. The molecule has 1 fully saturated rings. The molecule has 1 N–H and O–H groups in total. The van der Waals surface area contributed by atoms with Crippen LogP contribution in [0.3, 0.4) is 0 Å². The Morgan fingerprint density at radius 1 is 0.955 bits per heavy atom. The third-order valence-electron chi connectivity index (χ3n) is 3.13. The van der Waals surface area contributed by atoms with Gasteiger partial charge in [0.25, 0.3) is 11.8 Å². The lowest BCUT2D eigenvalue weighted by Gasteiger charge is -2.26. The number of nitrogens with zero attached hydrogens (tertiary/aromatic N) is 2. The minimum absolute atomic E-state index is 0.102. The Kier molecular flexibility index (Phi) is 3.49. The van der Waals surface area contributed by atoms with Gasteiger partial charge in [0.1, 0.15) is 5.57 Å². The van der Waals surface area contributed by atoms with Crippen molar-refractivity contribution < 1.29 is 14.4 Å². The zero-order valence-electron chi connectivity index (χ0n) is 11.4. The molecule has 0 spiro atoms. The standard InChI is InChI=1S/C16H11N3O3/c20-14-13(10-11-6-8-17-9-7-11)15(21)19(16(22)18-14)12-4-2-1-3-5-12/h1-10H,(H,18,20,22)/b13-10+. The van der Waals surface area contributed by atoms with Crippen molar-refractivity contribution in [1.82, 2.24) is 10.3 Å². The molecule has 1 aliphatic heterocycles. The number of nitrogens with one attached hydrogen (secondary N) is 1. The van der Waals surface area contributed by atoms with Gasteiger partial charge in [-0.15, -0.1) is 0 Å². The summed E-state index contributed by atoms with van der Waals surface area (Å²) in [7, 11) is 0. The molecule has 6 heteroatoms. The molecule has 0 aliphatic carbocycles. The number of barbiturate groups is 1. The van der Waals surface area contributed by atoms with Gasteiger partial charge in [-0.2, -0.15) is 0 Å². The van der Waals surface area contributed by atoms with Crippen molar-refractivity contribution in [2.24, 2.45) is 0 Å². The Balaban J connectivity index is 2.02. The van der Waals surface area contributed by atoms with Gasteiger partial charge in [-0.1, -0.05) is 18.2 Å². The van der Waals surface area contributed by atoms with Crippen LogP contribution < -0.4 is 10.2 Å². The average Bonchev–Trinajstić information content (AvgIpc) is 2.53. The number of hydrogen-bond acceptors (Lipinski definition) is 4. The van der Waals surface area contributed by atoms with Gasteiger partial charge in [0.15, 0.2) is 0 Å². The van der Waals surface area contributed by atoms with Crippen molar-refractivity contribution in [3.05, 3.63) is 66.0 Å². The molecular formula is C16H11N3O3. The lowest BCUT2D eigenvalue weighted by Crippen LogP contribution is -2.54. The second-order valence-electron chi connectivity index (χ2n) is 4.57. The maximum Gasteiger partial charge on any atom is 0.335 e. The highest BCUT2D eigenvalue weighted by Gasteiger charge is 2.36. The third-order valence-corrected chi connectivity index (χ3v) is 3.13. The zero-order chi connectivity index (χ0) is 15.5. The average molecular weight is 293 g/mol. The normalized spacial score (nSPS) is 16.8. The van der Waals surface area contributed by atoms with Crippen molar-refractivity contribution in [3.8, 4) is 0 Å². The first-order valence-electron chi connectivity index (χ1n) is 6.53. The lowest BCUT2D eigenvalue weighted by atomic mass is 10.1. The van der Waals surface area contributed by atoms with Crippen LogP contribution in [0.2, 0.25) is 0 Å². The summed E-state index contributed by atoms with van der Waals surface area (Å²) < 4.78 is 0. The number of aromatic nitrogens is 1. The molecule has 1 aromatic carbocycles. The highest BCUT2D eigenvalue weighted by atomic mass is 16.2. The van der Waals surface area contributed by atoms with Crippen LogP contribution in [0, 0.1) is 0 Å². The molecule has 3 rings (SSSR count). The first-order valence-corrected chi connectivity index (χ1v) is 6.53. The van der Waals surface area contributed by atoms with Gasteiger partial charge >= 0.3 is 6.03 Å². The van der Waals surface area contributed by atoms with E-state index in [4.69, 9.17) is 0 Å². The number of urea groups is 1. The zero-order valence-corrected chi connectivity index (χ0v) is 11.4. The summed E-state index contributed by atoms with van der Waals surface area (Å²) in [5.74, 6) is -1.37. The van der Waals surface area contributed by atoms with Gasteiger partial charge < -0.3 is 0 Å². The van der Waals surface area contributed by atoms with Crippen molar-refractivity contribution >= 4 is 29.6 Å². The van der Waals surface area contributed by atoms with E-state index >= 15 is 0 Å². The van der Waals surface area contributed by atoms with Gasteiger partial charge in [-0.3, -0.25) is 19.9 Å².